The van der Waals surface area contributed by atoms with Gasteiger partial charge < -0.3 is 14.4 Å². The van der Waals surface area contributed by atoms with Crippen molar-refractivity contribution < 1.29 is 9.47 Å². The van der Waals surface area contributed by atoms with Gasteiger partial charge in [-0.05, 0) is 12.0 Å². The molecule has 5 nitrogen and oxygen atoms in total. The lowest BCUT2D eigenvalue weighted by Crippen LogP contribution is -2.56. The summed E-state index contributed by atoms with van der Waals surface area (Å²) in [5, 5.41) is 0.961. The van der Waals surface area contributed by atoms with E-state index in [-0.39, 0.29) is 11.7 Å². The monoisotopic (exact) mass is 371 g/mol. The molecule has 3 heterocycles. The maximum atomic E-state index is 6.35. The maximum absolute atomic E-state index is 6.35. The van der Waals surface area contributed by atoms with Crippen LogP contribution in [0.5, 0.6) is 0 Å². The van der Waals surface area contributed by atoms with Gasteiger partial charge in [-0.15, -0.1) is 11.8 Å². The average Bonchev–Trinajstić information content (AvgIpc) is 3.14. The van der Waals surface area contributed by atoms with Gasteiger partial charge in [0.15, 0.2) is 0 Å². The van der Waals surface area contributed by atoms with E-state index in [0.29, 0.717) is 6.61 Å². The molecule has 6 heteroatoms. The smallest absolute Gasteiger partial charge is 0.148 e. The summed E-state index contributed by atoms with van der Waals surface area (Å²) < 4.78 is 12.0. The van der Waals surface area contributed by atoms with E-state index in [1.165, 1.54) is 5.56 Å². The third kappa shape index (κ3) is 4.03. The van der Waals surface area contributed by atoms with E-state index in [2.05, 4.69) is 41.1 Å². The van der Waals surface area contributed by atoms with E-state index in [0.717, 1.165) is 49.1 Å². The van der Waals surface area contributed by atoms with Gasteiger partial charge in [0, 0.05) is 25.3 Å². The first-order chi connectivity index (χ1) is 12.8. The highest BCUT2D eigenvalue weighted by molar-refractivity contribution is 7.98. The molecule has 1 aromatic carbocycles. The van der Waals surface area contributed by atoms with Crippen LogP contribution in [0.25, 0.3) is 0 Å². The summed E-state index contributed by atoms with van der Waals surface area (Å²) in [7, 11) is 0. The second-order valence-electron chi connectivity index (χ2n) is 7.00. The van der Waals surface area contributed by atoms with E-state index in [1.54, 1.807) is 11.8 Å². The lowest BCUT2D eigenvalue weighted by molar-refractivity contribution is -0.107. The van der Waals surface area contributed by atoms with Crippen LogP contribution in [0.3, 0.4) is 0 Å². The van der Waals surface area contributed by atoms with Crippen molar-refractivity contribution in [3.05, 3.63) is 48.3 Å². The van der Waals surface area contributed by atoms with Crippen molar-refractivity contribution in [2.75, 3.05) is 31.2 Å². The van der Waals surface area contributed by atoms with E-state index in [4.69, 9.17) is 14.5 Å². The quantitative estimate of drug-likeness (QED) is 0.749. The van der Waals surface area contributed by atoms with Gasteiger partial charge in [0.1, 0.15) is 16.4 Å². The van der Waals surface area contributed by atoms with Crippen molar-refractivity contribution in [3.8, 4) is 0 Å². The molecular formula is C20H25N3O2S. The normalized spacial score (nSPS) is 25.7. The fraction of sp³-hybridized carbons (Fsp3) is 0.500. The van der Waals surface area contributed by atoms with Crippen LogP contribution >= 0.6 is 11.8 Å². The number of aromatic nitrogens is 2. The van der Waals surface area contributed by atoms with E-state index >= 15 is 0 Å². The highest BCUT2D eigenvalue weighted by atomic mass is 32.2. The molecule has 2 atom stereocenters. The van der Waals surface area contributed by atoms with Crippen LogP contribution in [0.1, 0.15) is 25.3 Å². The Morgan fingerprint density at radius 3 is 2.92 bits per heavy atom. The summed E-state index contributed by atoms with van der Waals surface area (Å²) in [6, 6.07) is 10.5. The fourth-order valence-electron chi connectivity index (χ4n) is 3.57. The highest BCUT2D eigenvalue weighted by Gasteiger charge is 2.43. The van der Waals surface area contributed by atoms with Crippen LogP contribution in [0.2, 0.25) is 0 Å². The molecule has 0 bridgehead atoms. The zero-order valence-electron chi connectivity index (χ0n) is 15.1. The molecule has 2 aliphatic rings. The summed E-state index contributed by atoms with van der Waals surface area (Å²) in [5.41, 5.74) is 1.11. The van der Waals surface area contributed by atoms with Crippen LogP contribution in [-0.2, 0) is 15.2 Å². The van der Waals surface area contributed by atoms with Crippen LogP contribution < -0.4 is 4.90 Å². The molecular weight excluding hydrogens is 346 g/mol. The molecule has 2 aliphatic heterocycles. The predicted octanol–water partition coefficient (Wildman–Crippen LogP) is 3.54. The van der Waals surface area contributed by atoms with Crippen LogP contribution in [0.15, 0.2) is 47.8 Å². The van der Waals surface area contributed by atoms with Crippen molar-refractivity contribution in [3.63, 3.8) is 0 Å². The molecule has 138 valence electrons. The first kappa shape index (κ1) is 17.8. The Morgan fingerprint density at radius 2 is 2.15 bits per heavy atom. The first-order valence-electron chi connectivity index (χ1n) is 9.26. The molecule has 0 aliphatic carbocycles. The van der Waals surface area contributed by atoms with E-state index in [1.807, 2.05) is 18.5 Å². The Kier molecular flexibility index (Phi) is 5.43. The minimum absolute atomic E-state index is 0.187. The Bertz CT molecular complexity index is 722. The summed E-state index contributed by atoms with van der Waals surface area (Å²) in [6.45, 7) is 5.32. The minimum Gasteiger partial charge on any atom is -0.378 e. The SMILES string of the molecule is CCC1CN(c2cncc(SCc3ccccc3)n2)CC2(CCOC2)O1. The summed E-state index contributed by atoms with van der Waals surface area (Å²) in [6.07, 6.45) is 5.88. The Balaban J connectivity index is 1.48. The largest absolute Gasteiger partial charge is 0.378 e. The first-order valence-corrected chi connectivity index (χ1v) is 10.2. The topological polar surface area (TPSA) is 47.5 Å². The van der Waals surface area contributed by atoms with Crippen molar-refractivity contribution in [2.24, 2.45) is 0 Å². The molecule has 0 saturated carbocycles. The number of morpholine rings is 1. The predicted molar refractivity (Wildman–Crippen MR) is 104 cm³/mol. The van der Waals surface area contributed by atoms with Gasteiger partial charge in [0.25, 0.3) is 0 Å². The number of rotatable bonds is 5. The molecule has 1 spiro atoms. The van der Waals surface area contributed by atoms with Gasteiger partial charge in [0.2, 0.25) is 0 Å². The van der Waals surface area contributed by atoms with Gasteiger partial charge in [-0.2, -0.15) is 0 Å². The second-order valence-corrected chi connectivity index (χ2v) is 8.00. The third-order valence-electron chi connectivity index (χ3n) is 5.00. The summed E-state index contributed by atoms with van der Waals surface area (Å²) in [5.74, 6) is 1.84. The van der Waals surface area contributed by atoms with Gasteiger partial charge in [-0.1, -0.05) is 37.3 Å². The highest BCUT2D eigenvalue weighted by Crippen LogP contribution is 2.33. The molecule has 2 unspecified atom stereocenters. The maximum Gasteiger partial charge on any atom is 0.148 e. The average molecular weight is 372 g/mol. The van der Waals surface area contributed by atoms with E-state index < -0.39 is 0 Å². The standard InChI is InChI=1S/C20H25N3O2S/c1-2-17-12-23(14-20(25-17)8-9-24-15-20)18-10-21-11-19(22-18)26-13-16-6-4-3-5-7-16/h3-7,10-11,17H,2,8-9,12-15H2,1H3. The molecule has 1 aromatic heterocycles. The Hall–Kier alpha value is -1.63. The number of hydrogen-bond donors (Lipinski definition) is 0. The number of ether oxygens (including phenoxy) is 2. The van der Waals surface area contributed by atoms with Crippen molar-refractivity contribution in [2.45, 2.75) is 42.2 Å². The van der Waals surface area contributed by atoms with Crippen LogP contribution in [-0.4, -0.2) is 48.0 Å². The van der Waals surface area contributed by atoms with Gasteiger partial charge >= 0.3 is 0 Å². The van der Waals surface area contributed by atoms with Crippen LogP contribution in [0, 0.1) is 0 Å². The molecule has 0 amide bonds. The molecule has 2 saturated heterocycles. The summed E-state index contributed by atoms with van der Waals surface area (Å²) in [4.78, 5) is 11.6. The number of nitrogens with zero attached hydrogens (tertiary/aromatic N) is 3. The van der Waals surface area contributed by atoms with Crippen LogP contribution in [0.4, 0.5) is 5.82 Å². The minimum atomic E-state index is -0.187. The fourth-order valence-corrected chi connectivity index (χ4v) is 4.37. The zero-order valence-corrected chi connectivity index (χ0v) is 16.0. The van der Waals surface area contributed by atoms with Crippen molar-refractivity contribution in [1.82, 2.24) is 9.97 Å². The van der Waals surface area contributed by atoms with E-state index in [9.17, 15) is 0 Å². The number of thioether (sulfide) groups is 1. The summed E-state index contributed by atoms with van der Waals surface area (Å²) >= 11 is 1.73. The number of benzene rings is 1. The Labute approximate surface area is 159 Å². The molecule has 4 rings (SSSR count). The lowest BCUT2D eigenvalue weighted by Gasteiger charge is -2.44. The molecule has 0 radical (unpaired) electrons. The van der Waals surface area contributed by atoms with Crippen molar-refractivity contribution >= 4 is 17.6 Å². The second kappa shape index (κ2) is 7.94. The van der Waals surface area contributed by atoms with Gasteiger partial charge in [-0.3, -0.25) is 4.98 Å². The van der Waals surface area contributed by atoms with Gasteiger partial charge in [-0.25, -0.2) is 4.98 Å². The number of anilines is 1. The molecule has 26 heavy (non-hydrogen) atoms. The Morgan fingerprint density at radius 1 is 1.27 bits per heavy atom. The number of hydrogen-bond acceptors (Lipinski definition) is 6. The third-order valence-corrected chi connectivity index (χ3v) is 5.97. The molecule has 0 N–H and O–H groups in total. The molecule has 2 aromatic rings. The molecule has 2 fully saturated rings. The van der Waals surface area contributed by atoms with Crippen molar-refractivity contribution in [1.29, 1.82) is 0 Å². The van der Waals surface area contributed by atoms with Gasteiger partial charge in [0.05, 0.1) is 31.6 Å². The lowest BCUT2D eigenvalue weighted by atomic mass is 9.98. The zero-order chi connectivity index (χ0) is 17.8.